The minimum Gasteiger partial charge on any atom is -0.391 e. The number of aliphatic hydroxyl groups is 1. The molecule has 0 amide bonds. The molecule has 1 aromatic carbocycles. The maximum Gasteiger partial charge on any atom is 0.0741 e. The standard InChI is InChI=1S/C15H23ClN2O/c1-3-17-9-12-4-5-13(16)8-14(12)18-7-6-11(2)15(19)10-18/h4-5,8,11,15,17,19H,3,6-7,9-10H2,1-2H3. The van der Waals surface area contributed by atoms with E-state index in [9.17, 15) is 5.11 Å². The number of nitrogens with zero attached hydrogens (tertiary/aromatic N) is 1. The van der Waals surface area contributed by atoms with E-state index in [0.29, 0.717) is 12.5 Å². The van der Waals surface area contributed by atoms with Crippen LogP contribution in [0.15, 0.2) is 18.2 Å². The number of piperidine rings is 1. The Bertz CT molecular complexity index is 425. The second-order valence-corrected chi connectivity index (χ2v) is 5.77. The number of benzene rings is 1. The first-order valence-corrected chi connectivity index (χ1v) is 7.41. The fourth-order valence-corrected chi connectivity index (χ4v) is 2.67. The molecular weight excluding hydrogens is 260 g/mol. The quantitative estimate of drug-likeness (QED) is 0.891. The van der Waals surface area contributed by atoms with E-state index in [1.807, 2.05) is 12.1 Å². The first-order chi connectivity index (χ1) is 9.11. The van der Waals surface area contributed by atoms with Crippen LogP contribution in [-0.2, 0) is 6.54 Å². The van der Waals surface area contributed by atoms with Crippen LogP contribution in [0.3, 0.4) is 0 Å². The molecule has 19 heavy (non-hydrogen) atoms. The number of nitrogens with one attached hydrogen (secondary N) is 1. The van der Waals surface area contributed by atoms with Crippen LogP contribution in [0.2, 0.25) is 5.02 Å². The van der Waals surface area contributed by atoms with Crippen molar-refractivity contribution in [2.24, 2.45) is 5.92 Å². The Morgan fingerprint density at radius 3 is 2.95 bits per heavy atom. The number of hydrogen-bond donors (Lipinski definition) is 2. The molecule has 2 rings (SSSR count). The molecule has 0 bridgehead atoms. The Morgan fingerprint density at radius 2 is 2.26 bits per heavy atom. The SMILES string of the molecule is CCNCc1ccc(Cl)cc1N1CCC(C)C(O)C1. The molecule has 1 fully saturated rings. The lowest BCUT2D eigenvalue weighted by atomic mass is 9.95. The molecule has 2 atom stereocenters. The molecule has 0 aliphatic carbocycles. The fourth-order valence-electron chi connectivity index (χ4n) is 2.51. The zero-order valence-corrected chi connectivity index (χ0v) is 12.5. The second kappa shape index (κ2) is 6.60. The predicted molar refractivity (Wildman–Crippen MR) is 80.8 cm³/mol. The highest BCUT2D eigenvalue weighted by atomic mass is 35.5. The summed E-state index contributed by atoms with van der Waals surface area (Å²) >= 11 is 6.13. The smallest absolute Gasteiger partial charge is 0.0741 e. The normalized spacial score (nSPS) is 23.7. The molecule has 0 radical (unpaired) electrons. The summed E-state index contributed by atoms with van der Waals surface area (Å²) in [5.74, 6) is 0.382. The molecule has 2 unspecified atom stereocenters. The van der Waals surface area contributed by atoms with Crippen LogP contribution in [0, 0.1) is 5.92 Å². The average molecular weight is 283 g/mol. The molecular formula is C15H23ClN2O. The summed E-state index contributed by atoms with van der Waals surface area (Å²) in [5.41, 5.74) is 2.40. The van der Waals surface area contributed by atoms with Crippen molar-refractivity contribution in [3.8, 4) is 0 Å². The van der Waals surface area contributed by atoms with E-state index in [0.717, 1.165) is 36.8 Å². The molecule has 1 saturated heterocycles. The summed E-state index contributed by atoms with van der Waals surface area (Å²) in [6.45, 7) is 7.67. The summed E-state index contributed by atoms with van der Waals surface area (Å²) in [6, 6.07) is 6.02. The van der Waals surface area contributed by atoms with Gasteiger partial charge in [0.25, 0.3) is 0 Å². The van der Waals surface area contributed by atoms with Crippen LogP contribution in [-0.4, -0.2) is 30.8 Å². The van der Waals surface area contributed by atoms with E-state index in [1.54, 1.807) is 0 Å². The van der Waals surface area contributed by atoms with Gasteiger partial charge in [0.2, 0.25) is 0 Å². The maximum absolute atomic E-state index is 10.1. The number of aliphatic hydroxyl groups excluding tert-OH is 1. The number of β-amino-alcohol motifs (C(OH)–C–C–N with tert-alkyl or cyclic N) is 1. The number of hydrogen-bond acceptors (Lipinski definition) is 3. The zero-order valence-electron chi connectivity index (χ0n) is 11.7. The largest absolute Gasteiger partial charge is 0.391 e. The monoisotopic (exact) mass is 282 g/mol. The Kier molecular flexibility index (Phi) is 5.08. The zero-order chi connectivity index (χ0) is 13.8. The van der Waals surface area contributed by atoms with Gasteiger partial charge >= 0.3 is 0 Å². The number of anilines is 1. The third-order valence-corrected chi connectivity index (χ3v) is 4.11. The van der Waals surface area contributed by atoms with Crippen molar-refractivity contribution in [2.45, 2.75) is 32.9 Å². The number of halogens is 1. The van der Waals surface area contributed by atoms with E-state index in [-0.39, 0.29) is 6.10 Å². The molecule has 2 N–H and O–H groups in total. The van der Waals surface area contributed by atoms with E-state index in [4.69, 9.17) is 11.6 Å². The maximum atomic E-state index is 10.1. The summed E-state index contributed by atoms with van der Waals surface area (Å²) in [7, 11) is 0. The lowest BCUT2D eigenvalue weighted by molar-refractivity contribution is 0.103. The van der Waals surface area contributed by atoms with Crippen molar-refractivity contribution in [2.75, 3.05) is 24.5 Å². The molecule has 0 saturated carbocycles. The van der Waals surface area contributed by atoms with E-state index in [1.165, 1.54) is 5.56 Å². The van der Waals surface area contributed by atoms with E-state index in [2.05, 4.69) is 30.1 Å². The Hall–Kier alpha value is -0.770. The van der Waals surface area contributed by atoms with E-state index < -0.39 is 0 Å². The van der Waals surface area contributed by atoms with Gasteiger partial charge in [0.1, 0.15) is 0 Å². The molecule has 1 heterocycles. The third-order valence-electron chi connectivity index (χ3n) is 3.87. The van der Waals surface area contributed by atoms with Crippen LogP contribution in [0.25, 0.3) is 0 Å². The van der Waals surface area contributed by atoms with Crippen molar-refractivity contribution < 1.29 is 5.11 Å². The first kappa shape index (κ1) is 14.6. The molecule has 0 aromatic heterocycles. The topological polar surface area (TPSA) is 35.5 Å². The summed E-state index contributed by atoms with van der Waals surface area (Å²) in [4.78, 5) is 2.25. The minimum absolute atomic E-state index is 0.250. The van der Waals surface area contributed by atoms with Gasteiger partial charge in [0.05, 0.1) is 6.10 Å². The van der Waals surface area contributed by atoms with Crippen LogP contribution in [0.5, 0.6) is 0 Å². The van der Waals surface area contributed by atoms with Crippen molar-refractivity contribution in [3.05, 3.63) is 28.8 Å². The average Bonchev–Trinajstić information content (AvgIpc) is 2.40. The molecule has 106 valence electrons. The van der Waals surface area contributed by atoms with Crippen molar-refractivity contribution >= 4 is 17.3 Å². The van der Waals surface area contributed by atoms with Gasteiger partial charge in [0.15, 0.2) is 0 Å². The van der Waals surface area contributed by atoms with Gasteiger partial charge < -0.3 is 15.3 Å². The molecule has 1 aromatic rings. The highest BCUT2D eigenvalue weighted by Crippen LogP contribution is 2.29. The van der Waals surface area contributed by atoms with Crippen LogP contribution >= 0.6 is 11.6 Å². The fraction of sp³-hybridized carbons (Fsp3) is 0.600. The number of rotatable bonds is 4. The van der Waals surface area contributed by atoms with Crippen LogP contribution < -0.4 is 10.2 Å². The van der Waals surface area contributed by atoms with Gasteiger partial charge in [-0.25, -0.2) is 0 Å². The molecule has 4 heteroatoms. The highest BCUT2D eigenvalue weighted by Gasteiger charge is 2.25. The van der Waals surface area contributed by atoms with Gasteiger partial charge in [-0.1, -0.05) is 31.5 Å². The van der Waals surface area contributed by atoms with Gasteiger partial charge in [-0.05, 0) is 36.6 Å². The predicted octanol–water partition coefficient (Wildman–Crippen LogP) is 2.66. The first-order valence-electron chi connectivity index (χ1n) is 7.04. The van der Waals surface area contributed by atoms with Gasteiger partial charge in [0, 0.05) is 30.3 Å². The summed E-state index contributed by atoms with van der Waals surface area (Å²) in [6.07, 6.45) is 0.772. The summed E-state index contributed by atoms with van der Waals surface area (Å²) in [5, 5.41) is 14.2. The Morgan fingerprint density at radius 1 is 1.47 bits per heavy atom. The molecule has 1 aliphatic rings. The van der Waals surface area contributed by atoms with Crippen molar-refractivity contribution in [1.29, 1.82) is 0 Å². The second-order valence-electron chi connectivity index (χ2n) is 5.33. The Balaban J connectivity index is 2.19. The Labute approximate surface area is 120 Å². The van der Waals surface area contributed by atoms with Crippen molar-refractivity contribution in [3.63, 3.8) is 0 Å². The lowest BCUT2D eigenvalue weighted by Gasteiger charge is -2.37. The van der Waals surface area contributed by atoms with Crippen LogP contribution in [0.1, 0.15) is 25.8 Å². The van der Waals surface area contributed by atoms with E-state index >= 15 is 0 Å². The third kappa shape index (κ3) is 3.62. The lowest BCUT2D eigenvalue weighted by Crippen LogP contribution is -2.43. The minimum atomic E-state index is -0.250. The van der Waals surface area contributed by atoms with Crippen LogP contribution in [0.4, 0.5) is 5.69 Å². The van der Waals surface area contributed by atoms with Crippen molar-refractivity contribution in [1.82, 2.24) is 5.32 Å². The highest BCUT2D eigenvalue weighted by molar-refractivity contribution is 6.30. The van der Waals surface area contributed by atoms with Gasteiger partial charge in [-0.3, -0.25) is 0 Å². The van der Waals surface area contributed by atoms with Gasteiger partial charge in [-0.2, -0.15) is 0 Å². The van der Waals surface area contributed by atoms with Gasteiger partial charge in [-0.15, -0.1) is 0 Å². The molecule has 1 aliphatic heterocycles. The molecule has 0 spiro atoms. The summed E-state index contributed by atoms with van der Waals surface area (Å²) < 4.78 is 0. The molecule has 3 nitrogen and oxygen atoms in total.